The topological polar surface area (TPSA) is 65.7 Å². The van der Waals surface area contributed by atoms with Gasteiger partial charge in [-0.25, -0.2) is 0 Å². The molecule has 2 bridgehead atoms. The lowest BCUT2D eigenvalue weighted by atomic mass is 9.95. The van der Waals surface area contributed by atoms with Gasteiger partial charge in [-0.05, 0) is 31.6 Å². The van der Waals surface area contributed by atoms with E-state index < -0.39 is 0 Å². The molecule has 1 aromatic heterocycles. The highest BCUT2D eigenvalue weighted by Crippen LogP contribution is 2.39. The molecule has 5 rings (SSSR count). The van der Waals surface area contributed by atoms with Crippen LogP contribution in [-0.2, 0) is 11.3 Å². The average molecular weight is 333 g/mol. The van der Waals surface area contributed by atoms with Crippen molar-refractivity contribution in [1.82, 2.24) is 24.9 Å². The molecule has 0 radical (unpaired) electrons. The number of piperidine rings is 1. The Labute approximate surface area is 143 Å². The summed E-state index contributed by atoms with van der Waals surface area (Å²) in [5.74, 6) is 2.90. The molecule has 24 heavy (non-hydrogen) atoms. The molecule has 0 N–H and O–H groups in total. The number of hydrogen-bond acceptors (Lipinski definition) is 6. The van der Waals surface area contributed by atoms with Crippen LogP contribution < -0.4 is 0 Å². The Bertz CT molecular complexity index is 598. The predicted octanol–water partition coefficient (Wildman–Crippen LogP) is 0.931. The van der Waals surface area contributed by atoms with Crippen molar-refractivity contribution < 1.29 is 9.21 Å². The molecule has 132 valence electrons. The standard InChI is InChI=1S/C17H27N5O2/c1-20(2)16(23)11-21-7-12-3-6-14(9-21)22(8-12)10-15-18-19-17(24-15)13-4-5-13/h12-14H,3-11H2,1-2H3/t12-,14+/m1/s1. The van der Waals surface area contributed by atoms with E-state index in [-0.39, 0.29) is 5.91 Å². The molecule has 7 heteroatoms. The van der Waals surface area contributed by atoms with Gasteiger partial charge in [0.2, 0.25) is 17.7 Å². The molecule has 4 heterocycles. The van der Waals surface area contributed by atoms with Crippen LogP contribution in [0.5, 0.6) is 0 Å². The Balaban J connectivity index is 1.39. The number of amides is 1. The Kier molecular flexibility index (Phi) is 4.30. The fraction of sp³-hybridized carbons (Fsp3) is 0.824. The average Bonchev–Trinajstić information content (AvgIpc) is 3.33. The summed E-state index contributed by atoms with van der Waals surface area (Å²) in [4.78, 5) is 18.5. The van der Waals surface area contributed by atoms with Gasteiger partial charge in [0.15, 0.2) is 0 Å². The minimum Gasteiger partial charge on any atom is -0.424 e. The number of hydrogen-bond donors (Lipinski definition) is 0. The third-order valence-electron chi connectivity index (χ3n) is 5.51. The normalized spacial score (nSPS) is 28.1. The van der Waals surface area contributed by atoms with E-state index in [1.165, 1.54) is 25.7 Å². The number of nitrogens with zero attached hydrogens (tertiary/aromatic N) is 5. The van der Waals surface area contributed by atoms with Crippen LogP contribution in [0.2, 0.25) is 0 Å². The molecule has 4 aliphatic rings. The number of likely N-dealkylation sites (N-methyl/N-ethyl adjacent to an activating group) is 1. The van der Waals surface area contributed by atoms with Crippen molar-refractivity contribution in [3.05, 3.63) is 11.8 Å². The van der Waals surface area contributed by atoms with Crippen LogP contribution >= 0.6 is 0 Å². The van der Waals surface area contributed by atoms with Crippen LogP contribution in [0.4, 0.5) is 0 Å². The number of carbonyl (C=O) groups is 1. The highest BCUT2D eigenvalue weighted by atomic mass is 16.4. The third kappa shape index (κ3) is 3.47. The molecule has 4 fully saturated rings. The molecule has 3 aliphatic heterocycles. The van der Waals surface area contributed by atoms with E-state index >= 15 is 0 Å². The fourth-order valence-corrected chi connectivity index (χ4v) is 3.93. The molecular formula is C17H27N5O2. The SMILES string of the molecule is CN(C)C(=O)CN1C[C@H]2CC[C@@H](C1)N(Cc1nnc(C3CC3)o1)C2. The molecule has 1 saturated carbocycles. The van der Waals surface area contributed by atoms with Gasteiger partial charge < -0.3 is 9.32 Å². The maximum atomic E-state index is 12.0. The summed E-state index contributed by atoms with van der Waals surface area (Å²) in [6.07, 6.45) is 4.82. The summed E-state index contributed by atoms with van der Waals surface area (Å²) in [5.41, 5.74) is 0. The lowest BCUT2D eigenvalue weighted by Gasteiger charge is -2.35. The zero-order valence-electron chi connectivity index (χ0n) is 14.6. The zero-order valence-corrected chi connectivity index (χ0v) is 14.6. The molecule has 7 nitrogen and oxygen atoms in total. The molecule has 1 aliphatic carbocycles. The maximum Gasteiger partial charge on any atom is 0.236 e. The van der Waals surface area contributed by atoms with Crippen molar-refractivity contribution in [2.45, 2.75) is 44.2 Å². The van der Waals surface area contributed by atoms with Crippen molar-refractivity contribution in [3.8, 4) is 0 Å². The Morgan fingerprint density at radius 2 is 2.00 bits per heavy atom. The minimum atomic E-state index is 0.189. The minimum absolute atomic E-state index is 0.189. The van der Waals surface area contributed by atoms with Gasteiger partial charge in [0.05, 0.1) is 13.1 Å². The van der Waals surface area contributed by atoms with Crippen molar-refractivity contribution in [1.29, 1.82) is 0 Å². The summed E-state index contributed by atoms with van der Waals surface area (Å²) >= 11 is 0. The molecule has 3 saturated heterocycles. The Morgan fingerprint density at radius 3 is 2.75 bits per heavy atom. The van der Waals surface area contributed by atoms with Gasteiger partial charge in [-0.2, -0.15) is 0 Å². The van der Waals surface area contributed by atoms with Gasteiger partial charge in [-0.3, -0.25) is 14.6 Å². The van der Waals surface area contributed by atoms with Crippen molar-refractivity contribution in [3.63, 3.8) is 0 Å². The van der Waals surface area contributed by atoms with E-state index in [0.29, 0.717) is 24.4 Å². The van der Waals surface area contributed by atoms with Crippen molar-refractivity contribution >= 4 is 5.91 Å². The second-order valence-electron chi connectivity index (χ2n) is 7.82. The van der Waals surface area contributed by atoms with Gasteiger partial charge >= 0.3 is 0 Å². The number of rotatable bonds is 5. The van der Waals surface area contributed by atoms with Gasteiger partial charge in [0.1, 0.15) is 0 Å². The van der Waals surface area contributed by atoms with E-state index in [0.717, 1.165) is 38.0 Å². The van der Waals surface area contributed by atoms with Crippen LogP contribution in [0.25, 0.3) is 0 Å². The van der Waals surface area contributed by atoms with E-state index in [1.807, 2.05) is 14.1 Å². The molecule has 0 spiro atoms. The lowest BCUT2D eigenvalue weighted by Crippen LogP contribution is -2.44. The summed E-state index contributed by atoms with van der Waals surface area (Å²) < 4.78 is 5.84. The zero-order chi connectivity index (χ0) is 16.7. The number of fused-ring (bicyclic) bond motifs is 4. The quantitative estimate of drug-likeness (QED) is 0.799. The van der Waals surface area contributed by atoms with E-state index in [9.17, 15) is 4.79 Å². The van der Waals surface area contributed by atoms with E-state index in [1.54, 1.807) is 4.90 Å². The third-order valence-corrected chi connectivity index (χ3v) is 5.51. The largest absolute Gasteiger partial charge is 0.424 e. The first-order valence-corrected chi connectivity index (χ1v) is 9.07. The highest BCUT2D eigenvalue weighted by Gasteiger charge is 2.36. The van der Waals surface area contributed by atoms with Crippen LogP contribution in [-0.4, -0.2) is 77.1 Å². The van der Waals surface area contributed by atoms with Gasteiger partial charge in [-0.1, -0.05) is 0 Å². The molecule has 2 atom stereocenters. The van der Waals surface area contributed by atoms with Crippen LogP contribution in [0.15, 0.2) is 4.42 Å². The van der Waals surface area contributed by atoms with Crippen molar-refractivity contribution in [2.24, 2.45) is 5.92 Å². The smallest absolute Gasteiger partial charge is 0.236 e. The molecular weight excluding hydrogens is 306 g/mol. The molecule has 1 amide bonds. The van der Waals surface area contributed by atoms with Crippen LogP contribution in [0.1, 0.15) is 43.4 Å². The summed E-state index contributed by atoms with van der Waals surface area (Å²) in [6.45, 7) is 4.32. The summed E-state index contributed by atoms with van der Waals surface area (Å²) in [6, 6.07) is 0.481. The van der Waals surface area contributed by atoms with Gasteiger partial charge in [0.25, 0.3) is 0 Å². The number of aromatic nitrogens is 2. The number of carbonyl (C=O) groups excluding carboxylic acids is 1. The summed E-state index contributed by atoms with van der Waals surface area (Å²) in [5, 5.41) is 8.44. The first-order chi connectivity index (χ1) is 11.6. The van der Waals surface area contributed by atoms with E-state index in [4.69, 9.17) is 4.42 Å². The monoisotopic (exact) mass is 333 g/mol. The highest BCUT2D eigenvalue weighted by molar-refractivity contribution is 5.77. The maximum absolute atomic E-state index is 12.0. The second-order valence-corrected chi connectivity index (χ2v) is 7.82. The molecule has 0 unspecified atom stereocenters. The van der Waals surface area contributed by atoms with E-state index in [2.05, 4.69) is 20.0 Å². The first kappa shape index (κ1) is 16.0. The Hall–Kier alpha value is -1.47. The second kappa shape index (κ2) is 6.44. The molecule has 0 aromatic carbocycles. The lowest BCUT2D eigenvalue weighted by molar-refractivity contribution is -0.130. The Morgan fingerprint density at radius 1 is 1.17 bits per heavy atom. The van der Waals surface area contributed by atoms with Gasteiger partial charge in [-0.15, -0.1) is 10.2 Å². The first-order valence-electron chi connectivity index (χ1n) is 9.07. The predicted molar refractivity (Wildman–Crippen MR) is 88.3 cm³/mol. The van der Waals surface area contributed by atoms with Gasteiger partial charge in [0, 0.05) is 45.7 Å². The van der Waals surface area contributed by atoms with Crippen LogP contribution in [0.3, 0.4) is 0 Å². The van der Waals surface area contributed by atoms with Crippen LogP contribution in [0, 0.1) is 5.92 Å². The fourth-order valence-electron chi connectivity index (χ4n) is 3.93. The summed E-state index contributed by atoms with van der Waals surface area (Å²) in [7, 11) is 3.65. The van der Waals surface area contributed by atoms with Crippen molar-refractivity contribution in [2.75, 3.05) is 40.3 Å². The molecule has 1 aromatic rings.